The molecular formula is C19H30O2S. The Morgan fingerprint density at radius 2 is 1.95 bits per heavy atom. The van der Waals surface area contributed by atoms with Crippen LogP contribution in [0.3, 0.4) is 0 Å². The van der Waals surface area contributed by atoms with Gasteiger partial charge in [-0.3, -0.25) is 0 Å². The minimum atomic E-state index is -0.305. The van der Waals surface area contributed by atoms with Crippen LogP contribution in [0.25, 0.3) is 0 Å². The molecule has 3 unspecified atom stereocenters. The van der Waals surface area contributed by atoms with Crippen molar-refractivity contribution in [1.82, 2.24) is 0 Å². The average Bonchev–Trinajstić information content (AvgIpc) is 2.77. The van der Waals surface area contributed by atoms with E-state index >= 15 is 0 Å². The van der Waals surface area contributed by atoms with E-state index in [-0.39, 0.29) is 17.6 Å². The second-order valence-corrected chi connectivity index (χ2v) is 10.0. The van der Waals surface area contributed by atoms with Gasteiger partial charge in [0.25, 0.3) is 0 Å². The molecule has 0 spiro atoms. The third-order valence-electron chi connectivity index (χ3n) is 7.85. The van der Waals surface area contributed by atoms with Crippen LogP contribution < -0.4 is 0 Å². The molecule has 3 aliphatic carbocycles. The summed E-state index contributed by atoms with van der Waals surface area (Å²) in [6.45, 7) is 7.29. The molecule has 0 radical (unpaired) electrons. The molecule has 2 N–H and O–H groups in total. The molecule has 0 bridgehead atoms. The van der Waals surface area contributed by atoms with Crippen molar-refractivity contribution in [3.05, 3.63) is 11.6 Å². The molecule has 22 heavy (non-hydrogen) atoms. The standard InChI is InChI=1S/C19H30O2S/c1-11-4-5-14-16-15(21)9-12-8-13(20)6-7-18(12,2)17(16)22-10-19(11,14)3/h9,11,13-17,20-21H,4-8,10H2,1-3H3/t11-,13-,14?,15-,16?,17?,18-,19+/m0/s1. The lowest BCUT2D eigenvalue weighted by Gasteiger charge is -2.58. The molecule has 3 heteroatoms. The maximum absolute atomic E-state index is 10.9. The first-order valence-electron chi connectivity index (χ1n) is 9.05. The van der Waals surface area contributed by atoms with Crippen LogP contribution in [-0.2, 0) is 0 Å². The Morgan fingerprint density at radius 3 is 2.73 bits per heavy atom. The number of aliphatic hydroxyl groups excluding tert-OH is 2. The number of thioether (sulfide) groups is 1. The molecule has 0 amide bonds. The van der Waals surface area contributed by atoms with E-state index in [0.717, 1.165) is 25.2 Å². The van der Waals surface area contributed by atoms with Crippen LogP contribution in [0.2, 0.25) is 0 Å². The smallest absolute Gasteiger partial charge is 0.0765 e. The number of rotatable bonds is 0. The Balaban J connectivity index is 1.73. The van der Waals surface area contributed by atoms with Gasteiger partial charge in [0.1, 0.15) is 0 Å². The van der Waals surface area contributed by atoms with Crippen LogP contribution >= 0.6 is 11.8 Å². The minimum absolute atomic E-state index is 0.195. The van der Waals surface area contributed by atoms with Crippen LogP contribution in [-0.4, -0.2) is 33.4 Å². The summed E-state index contributed by atoms with van der Waals surface area (Å²) in [7, 11) is 0. The molecule has 3 fully saturated rings. The summed E-state index contributed by atoms with van der Waals surface area (Å²) < 4.78 is 0. The van der Waals surface area contributed by atoms with Crippen LogP contribution in [0.4, 0.5) is 0 Å². The van der Waals surface area contributed by atoms with E-state index in [1.54, 1.807) is 0 Å². The molecule has 2 saturated carbocycles. The lowest BCUT2D eigenvalue weighted by molar-refractivity contribution is 0.00199. The average molecular weight is 323 g/mol. The molecule has 4 aliphatic rings. The quantitative estimate of drug-likeness (QED) is 0.669. The van der Waals surface area contributed by atoms with Gasteiger partial charge in [-0.1, -0.05) is 32.4 Å². The van der Waals surface area contributed by atoms with Gasteiger partial charge in [-0.15, -0.1) is 0 Å². The van der Waals surface area contributed by atoms with E-state index in [1.165, 1.54) is 24.2 Å². The monoisotopic (exact) mass is 322 g/mol. The fourth-order valence-corrected chi connectivity index (χ4v) is 8.32. The van der Waals surface area contributed by atoms with Gasteiger partial charge in [0.05, 0.1) is 12.2 Å². The van der Waals surface area contributed by atoms with Crippen molar-refractivity contribution in [2.45, 2.75) is 70.3 Å². The lowest BCUT2D eigenvalue weighted by atomic mass is 9.56. The zero-order valence-corrected chi connectivity index (χ0v) is 14.9. The van der Waals surface area contributed by atoms with Gasteiger partial charge in [-0.25, -0.2) is 0 Å². The van der Waals surface area contributed by atoms with Gasteiger partial charge in [-0.05, 0) is 55.1 Å². The Labute approximate surface area is 138 Å². The van der Waals surface area contributed by atoms with Crippen molar-refractivity contribution in [1.29, 1.82) is 0 Å². The van der Waals surface area contributed by atoms with Crippen molar-refractivity contribution >= 4 is 11.8 Å². The third-order valence-corrected chi connectivity index (χ3v) is 9.83. The molecule has 2 nitrogen and oxygen atoms in total. The van der Waals surface area contributed by atoms with Crippen molar-refractivity contribution in [2.75, 3.05) is 5.75 Å². The Hall–Kier alpha value is 0.01000. The first-order valence-corrected chi connectivity index (χ1v) is 10.1. The Morgan fingerprint density at radius 1 is 1.18 bits per heavy atom. The molecule has 124 valence electrons. The molecule has 4 rings (SSSR count). The van der Waals surface area contributed by atoms with Crippen molar-refractivity contribution in [2.24, 2.45) is 28.6 Å². The van der Waals surface area contributed by atoms with E-state index in [1.807, 2.05) is 0 Å². The van der Waals surface area contributed by atoms with E-state index in [9.17, 15) is 10.2 Å². The van der Waals surface area contributed by atoms with E-state index in [4.69, 9.17) is 0 Å². The van der Waals surface area contributed by atoms with Crippen LogP contribution in [0.5, 0.6) is 0 Å². The highest BCUT2D eigenvalue weighted by Gasteiger charge is 2.60. The van der Waals surface area contributed by atoms with Gasteiger partial charge >= 0.3 is 0 Å². The molecule has 1 saturated heterocycles. The minimum Gasteiger partial charge on any atom is -0.393 e. The highest BCUT2D eigenvalue weighted by Crippen LogP contribution is 2.65. The fraction of sp³-hybridized carbons (Fsp3) is 0.895. The molecule has 1 aliphatic heterocycles. The second-order valence-electron chi connectivity index (χ2n) is 8.90. The zero-order chi connectivity index (χ0) is 15.7. The van der Waals surface area contributed by atoms with Crippen molar-refractivity contribution in [3.63, 3.8) is 0 Å². The van der Waals surface area contributed by atoms with E-state index in [0.29, 0.717) is 22.5 Å². The summed E-state index contributed by atoms with van der Waals surface area (Å²) in [6, 6.07) is 0. The molecular weight excluding hydrogens is 292 g/mol. The number of aliphatic hydroxyl groups is 2. The lowest BCUT2D eigenvalue weighted by Crippen LogP contribution is -2.56. The zero-order valence-electron chi connectivity index (χ0n) is 14.1. The highest BCUT2D eigenvalue weighted by atomic mass is 32.2. The fourth-order valence-electron chi connectivity index (χ4n) is 6.07. The maximum Gasteiger partial charge on any atom is 0.0765 e. The summed E-state index contributed by atoms with van der Waals surface area (Å²) in [5, 5.41) is 21.5. The van der Waals surface area contributed by atoms with Crippen molar-refractivity contribution < 1.29 is 10.2 Å². The Kier molecular flexibility index (Phi) is 3.53. The second kappa shape index (κ2) is 5.00. The first kappa shape index (κ1) is 15.5. The van der Waals surface area contributed by atoms with Crippen LogP contribution in [0.1, 0.15) is 52.9 Å². The van der Waals surface area contributed by atoms with Crippen molar-refractivity contribution in [3.8, 4) is 0 Å². The molecule has 0 aromatic rings. The SMILES string of the molecule is C[C@H]1CCC2C3C(SC[C@@]21C)[C@@]1(C)CC[C@H](O)CC1=C[C@@H]3O. The van der Waals surface area contributed by atoms with Gasteiger partial charge in [0.15, 0.2) is 0 Å². The molecule has 1 heterocycles. The van der Waals surface area contributed by atoms with Crippen LogP contribution in [0, 0.1) is 28.6 Å². The summed E-state index contributed by atoms with van der Waals surface area (Å²) in [5.41, 5.74) is 1.94. The Bertz CT molecular complexity index is 504. The van der Waals surface area contributed by atoms with E-state index in [2.05, 4.69) is 38.6 Å². The predicted molar refractivity (Wildman–Crippen MR) is 91.8 cm³/mol. The summed E-state index contributed by atoms with van der Waals surface area (Å²) in [4.78, 5) is 0. The largest absolute Gasteiger partial charge is 0.393 e. The molecule has 0 aromatic heterocycles. The molecule has 0 aromatic carbocycles. The molecule has 8 atom stereocenters. The summed E-state index contributed by atoms with van der Waals surface area (Å²) >= 11 is 2.13. The normalized spacial score (nSPS) is 57.6. The summed E-state index contributed by atoms with van der Waals surface area (Å²) in [5.74, 6) is 3.12. The third kappa shape index (κ3) is 1.94. The maximum atomic E-state index is 10.9. The van der Waals surface area contributed by atoms with Gasteiger partial charge in [0.2, 0.25) is 0 Å². The van der Waals surface area contributed by atoms with E-state index < -0.39 is 0 Å². The number of hydrogen-bond acceptors (Lipinski definition) is 3. The summed E-state index contributed by atoms with van der Waals surface area (Å²) in [6.07, 6.45) is 7.02. The topological polar surface area (TPSA) is 40.5 Å². The highest BCUT2D eigenvalue weighted by molar-refractivity contribution is 8.00. The predicted octanol–water partition coefficient (Wildman–Crippen LogP) is 3.62. The van der Waals surface area contributed by atoms with Gasteiger partial charge in [0, 0.05) is 16.6 Å². The number of hydrogen-bond donors (Lipinski definition) is 2. The van der Waals surface area contributed by atoms with Crippen LogP contribution in [0.15, 0.2) is 11.6 Å². The first-order chi connectivity index (χ1) is 10.4. The van der Waals surface area contributed by atoms with Gasteiger partial charge in [-0.2, -0.15) is 11.8 Å². The van der Waals surface area contributed by atoms with Gasteiger partial charge < -0.3 is 10.2 Å². The number of fused-ring (bicyclic) bond motifs is 5.